The highest BCUT2D eigenvalue weighted by atomic mass is 32.1. The van der Waals surface area contributed by atoms with Gasteiger partial charge in [-0.2, -0.15) is 5.10 Å². The maximum Gasteiger partial charge on any atom is 0.358 e. The van der Waals surface area contributed by atoms with Gasteiger partial charge in [-0.3, -0.25) is 39.4 Å². The van der Waals surface area contributed by atoms with Gasteiger partial charge in [0.1, 0.15) is 23.8 Å². The number of para-hydroxylation sites is 1. The quantitative estimate of drug-likeness (QED) is 0.0531. The number of hydrogen-bond acceptors (Lipinski definition) is 14. The standard InChI is InChI=1S/C58H61N9O8S/c1-33-39(40-20-22-49(61-53(40)56(72)75-58(2,3)4)66-25-24-34-10-8-12-41(44(34)31-66)54(70)63-57-60-45-13-6-7-15-48(45)76-57)11-9-14-47(33)74-27-26-73-38-29-36-17-18-37(30-38)67(36)32-51(69)59-35-16-19-42-46(28-35)65(5)64-52(42)43-21-23-50(68)62-55(43)71/h6-16,19-20,22,28,36-38,43H,17-18,21,23-27,29-32H2,1-5H3,(H,59,69)(H,60,63,70)(H,62,68,71). The Bertz CT molecular complexity index is 3390. The molecule has 392 valence electrons. The first-order chi connectivity index (χ1) is 36.6. The summed E-state index contributed by atoms with van der Waals surface area (Å²) in [5, 5.41) is 14.5. The summed E-state index contributed by atoms with van der Waals surface area (Å²) in [5.41, 5.74) is 7.17. The lowest BCUT2D eigenvalue weighted by Crippen LogP contribution is -2.48. The summed E-state index contributed by atoms with van der Waals surface area (Å²) < 4.78 is 21.5. The van der Waals surface area contributed by atoms with Crippen molar-refractivity contribution in [3.63, 3.8) is 0 Å². The van der Waals surface area contributed by atoms with E-state index in [0.29, 0.717) is 78.4 Å². The number of nitrogens with zero attached hydrogens (tertiary/aromatic N) is 6. The van der Waals surface area contributed by atoms with E-state index >= 15 is 0 Å². The fraction of sp³-hybridized carbons (Fsp3) is 0.379. The monoisotopic (exact) mass is 1040 g/mol. The molecule has 3 saturated heterocycles. The van der Waals surface area contributed by atoms with Crippen LogP contribution in [0.3, 0.4) is 0 Å². The van der Waals surface area contributed by atoms with E-state index in [1.807, 2.05) is 120 Å². The van der Waals surface area contributed by atoms with Gasteiger partial charge in [-0.05, 0) is 143 Å². The molecule has 4 aliphatic heterocycles. The number of amides is 4. The molecule has 4 amide bonds. The zero-order chi connectivity index (χ0) is 52.8. The summed E-state index contributed by atoms with van der Waals surface area (Å²) in [6.07, 6.45) is 5.07. The van der Waals surface area contributed by atoms with Gasteiger partial charge in [-0.1, -0.05) is 47.7 Å². The highest BCUT2D eigenvalue weighted by molar-refractivity contribution is 7.22. The van der Waals surface area contributed by atoms with E-state index in [0.717, 1.165) is 69.1 Å². The van der Waals surface area contributed by atoms with Crippen LogP contribution in [-0.4, -0.2) is 104 Å². The van der Waals surface area contributed by atoms with Crippen molar-refractivity contribution >= 4 is 78.7 Å². The summed E-state index contributed by atoms with van der Waals surface area (Å²) >= 11 is 1.44. The Morgan fingerprint density at radius 1 is 0.855 bits per heavy atom. The van der Waals surface area contributed by atoms with Gasteiger partial charge in [0.2, 0.25) is 17.7 Å². The van der Waals surface area contributed by atoms with Crippen molar-refractivity contribution in [2.24, 2.45) is 7.05 Å². The SMILES string of the molecule is Cc1c(OCCOC2CC3CCC(C2)N3CC(=O)Nc2ccc3c(C4CCC(=O)NC4=O)nn(C)c3c2)cccc1-c1ccc(N2CCc3cccc(C(=O)Nc4nc5ccccc5s4)c3C2)nc1C(=O)OC(C)(C)C. The number of fused-ring (bicyclic) bond motifs is 5. The van der Waals surface area contributed by atoms with Crippen LogP contribution >= 0.6 is 11.3 Å². The molecule has 17 nitrogen and oxygen atoms in total. The minimum absolute atomic E-state index is 0.0428. The van der Waals surface area contributed by atoms with Gasteiger partial charge in [-0.15, -0.1) is 0 Å². The van der Waals surface area contributed by atoms with Crippen LogP contribution in [0.15, 0.2) is 91.0 Å². The van der Waals surface area contributed by atoms with Crippen molar-refractivity contribution in [1.82, 2.24) is 30.0 Å². The van der Waals surface area contributed by atoms with Gasteiger partial charge in [0.25, 0.3) is 5.91 Å². The zero-order valence-electron chi connectivity index (χ0n) is 43.3. The lowest BCUT2D eigenvalue weighted by molar-refractivity contribution is -0.134. The Morgan fingerprint density at radius 2 is 1.66 bits per heavy atom. The fourth-order valence-electron chi connectivity index (χ4n) is 11.4. The molecule has 2 bridgehead atoms. The predicted octanol–water partition coefficient (Wildman–Crippen LogP) is 8.87. The van der Waals surface area contributed by atoms with Gasteiger partial charge in [-0.25, -0.2) is 14.8 Å². The van der Waals surface area contributed by atoms with Crippen LogP contribution in [0.25, 0.3) is 32.2 Å². The molecule has 3 fully saturated rings. The van der Waals surface area contributed by atoms with Gasteiger partial charge >= 0.3 is 5.97 Å². The third-order valence-electron chi connectivity index (χ3n) is 15.0. The molecule has 11 rings (SSSR count). The topological polar surface area (TPSA) is 199 Å². The lowest BCUT2D eigenvalue weighted by Gasteiger charge is -2.38. The lowest BCUT2D eigenvalue weighted by atomic mass is 9.93. The number of benzene rings is 4. The van der Waals surface area contributed by atoms with E-state index in [1.54, 1.807) is 4.68 Å². The Kier molecular flexibility index (Phi) is 13.9. The molecule has 3 N–H and O–H groups in total. The Balaban J connectivity index is 0.712. The molecule has 76 heavy (non-hydrogen) atoms. The number of nitrogens with one attached hydrogen (secondary N) is 3. The normalized spacial score (nSPS) is 19.6. The third kappa shape index (κ3) is 10.5. The third-order valence-corrected chi connectivity index (χ3v) is 15.9. The molecule has 4 aromatic carbocycles. The number of pyridine rings is 1. The Hall–Kier alpha value is -7.54. The minimum atomic E-state index is -0.765. The summed E-state index contributed by atoms with van der Waals surface area (Å²) in [5.74, 6) is -0.685. The molecule has 3 unspecified atom stereocenters. The number of carbonyl (C=O) groups excluding carboxylic acids is 5. The number of aryl methyl sites for hydroxylation is 1. The van der Waals surface area contributed by atoms with Crippen LogP contribution in [0.5, 0.6) is 5.75 Å². The molecular formula is C58H61N9O8S. The summed E-state index contributed by atoms with van der Waals surface area (Å²) in [7, 11) is 1.81. The number of aromatic nitrogens is 4. The number of carbonyl (C=O) groups is 5. The van der Waals surface area contributed by atoms with E-state index in [4.69, 9.17) is 19.2 Å². The van der Waals surface area contributed by atoms with Crippen molar-refractivity contribution in [2.45, 2.75) is 109 Å². The van der Waals surface area contributed by atoms with Crippen molar-refractivity contribution in [3.05, 3.63) is 125 Å². The maximum absolute atomic E-state index is 14.1. The number of esters is 1. The fourth-order valence-corrected chi connectivity index (χ4v) is 12.3. The highest BCUT2D eigenvalue weighted by Crippen LogP contribution is 2.39. The molecule has 3 atom stereocenters. The highest BCUT2D eigenvalue weighted by Gasteiger charge is 2.42. The number of hydrogen-bond donors (Lipinski definition) is 3. The van der Waals surface area contributed by atoms with Crippen LogP contribution < -0.4 is 25.6 Å². The van der Waals surface area contributed by atoms with Crippen molar-refractivity contribution in [3.8, 4) is 16.9 Å². The number of piperidine rings is 2. The molecule has 0 saturated carbocycles. The first kappa shape index (κ1) is 50.6. The smallest absolute Gasteiger partial charge is 0.358 e. The summed E-state index contributed by atoms with van der Waals surface area (Å²) in [4.78, 5) is 79.8. The van der Waals surface area contributed by atoms with Crippen LogP contribution in [-0.2, 0) is 43.9 Å². The number of anilines is 3. The molecule has 0 spiro atoms. The van der Waals surface area contributed by atoms with E-state index < -0.39 is 17.5 Å². The number of thiazole rings is 1. The molecule has 7 aromatic rings. The first-order valence-electron chi connectivity index (χ1n) is 26.1. The molecule has 18 heteroatoms. The second-order valence-corrected chi connectivity index (χ2v) is 22.2. The second kappa shape index (κ2) is 20.9. The predicted molar refractivity (Wildman–Crippen MR) is 291 cm³/mol. The maximum atomic E-state index is 14.1. The average molecular weight is 1040 g/mol. The van der Waals surface area contributed by atoms with Crippen molar-refractivity contribution < 1.29 is 38.2 Å². The summed E-state index contributed by atoms with van der Waals surface area (Å²) in [6.45, 7) is 9.54. The van der Waals surface area contributed by atoms with Gasteiger partial charge in [0.15, 0.2) is 10.8 Å². The van der Waals surface area contributed by atoms with Crippen LogP contribution in [0.1, 0.15) is 108 Å². The zero-order valence-corrected chi connectivity index (χ0v) is 44.1. The van der Waals surface area contributed by atoms with Crippen LogP contribution in [0, 0.1) is 6.92 Å². The number of ether oxygens (including phenoxy) is 3. The number of imide groups is 1. The summed E-state index contributed by atoms with van der Waals surface area (Å²) in [6, 6.07) is 29.3. The molecule has 4 aliphatic rings. The second-order valence-electron chi connectivity index (χ2n) is 21.2. The van der Waals surface area contributed by atoms with Crippen molar-refractivity contribution in [2.75, 3.05) is 41.8 Å². The van der Waals surface area contributed by atoms with E-state index in [9.17, 15) is 24.0 Å². The molecule has 0 radical (unpaired) electrons. The van der Waals surface area contributed by atoms with Gasteiger partial charge in [0.05, 0.1) is 46.6 Å². The first-order valence-corrected chi connectivity index (χ1v) is 26.9. The number of rotatable bonds is 14. The molecule has 7 heterocycles. The van der Waals surface area contributed by atoms with Crippen molar-refractivity contribution in [1.29, 1.82) is 0 Å². The molecule has 3 aromatic heterocycles. The van der Waals surface area contributed by atoms with E-state index in [1.165, 1.54) is 11.3 Å². The minimum Gasteiger partial charge on any atom is -0.491 e. The average Bonchev–Trinajstić information content (AvgIpc) is 4.04. The largest absolute Gasteiger partial charge is 0.491 e. The van der Waals surface area contributed by atoms with Crippen LogP contribution in [0.2, 0.25) is 0 Å². The Labute approximate surface area is 444 Å². The van der Waals surface area contributed by atoms with Gasteiger partial charge < -0.3 is 24.4 Å². The van der Waals surface area contributed by atoms with E-state index in [-0.39, 0.29) is 60.5 Å². The molecule has 0 aliphatic carbocycles. The molecular weight excluding hydrogens is 983 g/mol. The van der Waals surface area contributed by atoms with Gasteiger partial charge in [0, 0.05) is 60.8 Å². The van der Waals surface area contributed by atoms with E-state index in [2.05, 4.69) is 41.9 Å². The van der Waals surface area contributed by atoms with Crippen LogP contribution in [0.4, 0.5) is 16.6 Å². The Morgan fingerprint density at radius 3 is 2.45 bits per heavy atom.